The molecule has 2 aliphatic heterocycles. The summed E-state index contributed by atoms with van der Waals surface area (Å²) in [5.41, 5.74) is 5.98. The first-order valence-corrected chi connectivity index (χ1v) is 40.5. The number of anilines is 1. The van der Waals surface area contributed by atoms with Crippen LogP contribution in [0, 0.1) is 23.7 Å². The van der Waals surface area contributed by atoms with Crippen LogP contribution >= 0.6 is 0 Å². The van der Waals surface area contributed by atoms with E-state index in [1.54, 1.807) is 71.0 Å². The van der Waals surface area contributed by atoms with Crippen LogP contribution in [0.25, 0.3) is 0 Å². The molecule has 9 atom stereocenters. The lowest BCUT2D eigenvalue weighted by molar-refractivity contribution is -0.148. The number of nitrogens with one attached hydrogen (secondary N) is 8. The van der Waals surface area contributed by atoms with Gasteiger partial charge < -0.3 is 101 Å². The first kappa shape index (κ1) is 96.9. The van der Waals surface area contributed by atoms with Crippen molar-refractivity contribution in [3.63, 3.8) is 0 Å². The molecule has 33 nitrogen and oxygen atoms in total. The van der Waals surface area contributed by atoms with Crippen molar-refractivity contribution < 1.29 is 100 Å². The van der Waals surface area contributed by atoms with E-state index in [1.807, 2.05) is 57.7 Å². The van der Waals surface area contributed by atoms with Gasteiger partial charge in [-0.25, -0.2) is 9.59 Å². The van der Waals surface area contributed by atoms with Crippen molar-refractivity contribution in [2.24, 2.45) is 29.4 Å². The molecule has 2 fully saturated rings. The normalized spacial score (nSPS) is 16.5. The van der Waals surface area contributed by atoms with Gasteiger partial charge in [0.2, 0.25) is 47.3 Å². The molecule has 33 heteroatoms. The number of carbonyl (C=O) groups excluding carboxylic acids is 12. The van der Waals surface area contributed by atoms with Crippen LogP contribution in [0.2, 0.25) is 0 Å². The summed E-state index contributed by atoms with van der Waals surface area (Å²) in [7, 11) is 4.79. The van der Waals surface area contributed by atoms with Crippen LogP contribution in [0.4, 0.5) is 15.3 Å². The number of hydrogen-bond acceptors (Lipinski definition) is 21. The van der Waals surface area contributed by atoms with Crippen molar-refractivity contribution in [2.75, 3.05) is 139 Å². The van der Waals surface area contributed by atoms with E-state index < -0.39 is 83.6 Å². The van der Waals surface area contributed by atoms with Crippen LogP contribution in [-0.2, 0) is 103 Å². The highest BCUT2D eigenvalue weighted by molar-refractivity contribution is 6.12. The predicted octanol–water partition coefficient (Wildman–Crippen LogP) is 4.70. The topological polar surface area (TPSA) is 420 Å². The second kappa shape index (κ2) is 51.4. The van der Waals surface area contributed by atoms with E-state index in [9.17, 15) is 57.5 Å². The summed E-state index contributed by atoms with van der Waals surface area (Å²) < 4.78 is 50.9. The SMILES string of the molecule is CC[C@H](C)[C@@H]([C@@H](CC(=O)N1CCC[C@H]1[C@H](OC)C(C)C(=O)NCC1(c2ccccc2)CC1)OC)N(C)C(=O)C(NC(=O)C(C)(C)NC(=O)CCOCCOCCOCCOCCOCCOCCNC(=O)OCc1ccc(NC(=O)[C@H](CCCNC(N)=O)NC(=O)[C@@H](NC(=O)CCCCCN2C(=O)C=CC2=O)C(C)C)cc1)C(C)C. The van der Waals surface area contributed by atoms with Crippen LogP contribution in [0.3, 0.4) is 0 Å². The number of likely N-dealkylation sites (N-methyl/N-ethyl adjacent to an activating group) is 1. The fourth-order valence-corrected chi connectivity index (χ4v) is 13.7. The van der Waals surface area contributed by atoms with Gasteiger partial charge in [0.05, 0.1) is 116 Å². The molecule has 115 heavy (non-hydrogen) atoms. The van der Waals surface area contributed by atoms with Gasteiger partial charge in [-0.3, -0.25) is 52.8 Å². The average Bonchev–Trinajstić information content (AvgIpc) is 1.64. The summed E-state index contributed by atoms with van der Waals surface area (Å²) in [6.07, 6.45) is 6.64. The summed E-state index contributed by atoms with van der Waals surface area (Å²) in [6.45, 7) is 21.1. The van der Waals surface area contributed by atoms with Gasteiger partial charge in [-0.1, -0.05) is 104 Å². The molecule has 2 unspecified atom stereocenters. The fourth-order valence-electron chi connectivity index (χ4n) is 13.7. The Hall–Kier alpha value is -8.70. The number of ether oxygens (including phenoxy) is 9. The molecule has 0 aromatic heterocycles. The highest BCUT2D eigenvalue weighted by atomic mass is 16.6. The zero-order valence-electron chi connectivity index (χ0n) is 69.6. The maximum Gasteiger partial charge on any atom is 0.407 e. The number of benzene rings is 2. The summed E-state index contributed by atoms with van der Waals surface area (Å²) in [6, 6.07) is 12.1. The largest absolute Gasteiger partial charge is 0.445 e. The Bertz CT molecular complexity index is 3400. The molecule has 1 aliphatic carbocycles. The van der Waals surface area contributed by atoms with Gasteiger partial charge in [0.15, 0.2) is 0 Å². The van der Waals surface area contributed by atoms with E-state index in [1.165, 1.54) is 24.8 Å². The Morgan fingerprint density at radius 2 is 1.23 bits per heavy atom. The van der Waals surface area contributed by atoms with E-state index in [4.69, 9.17) is 48.4 Å². The molecule has 0 spiro atoms. The second-order valence-corrected chi connectivity index (χ2v) is 30.7. The molecule has 2 aromatic carbocycles. The Kier molecular flexibility index (Phi) is 43.3. The number of urea groups is 1. The number of carbonyl (C=O) groups is 12. The van der Waals surface area contributed by atoms with E-state index >= 15 is 0 Å². The van der Waals surface area contributed by atoms with Crippen molar-refractivity contribution in [1.82, 2.24) is 51.9 Å². The molecule has 2 heterocycles. The zero-order valence-corrected chi connectivity index (χ0v) is 69.6. The third-order valence-corrected chi connectivity index (χ3v) is 20.8. The molecule has 13 amide bonds. The second-order valence-electron chi connectivity index (χ2n) is 30.7. The summed E-state index contributed by atoms with van der Waals surface area (Å²) in [5, 5.41) is 22.2. The van der Waals surface area contributed by atoms with Crippen LogP contribution in [0.15, 0.2) is 66.7 Å². The Balaban J connectivity index is 0.867. The third kappa shape index (κ3) is 33.8. The van der Waals surface area contributed by atoms with Crippen molar-refractivity contribution in [2.45, 2.75) is 206 Å². The first-order valence-electron chi connectivity index (χ1n) is 40.5. The van der Waals surface area contributed by atoms with Gasteiger partial charge in [0.1, 0.15) is 30.3 Å². The molecule has 1 saturated carbocycles. The van der Waals surface area contributed by atoms with Gasteiger partial charge in [-0.2, -0.15) is 0 Å². The Labute approximate surface area is 677 Å². The molecule has 3 aliphatic rings. The number of likely N-dealkylation sites (tertiary alicyclic amines) is 1. The summed E-state index contributed by atoms with van der Waals surface area (Å²) >= 11 is 0. The molecule has 0 radical (unpaired) electrons. The average molecular weight is 1620 g/mol. The number of nitrogens with two attached hydrogens (primary N) is 1. The minimum absolute atomic E-state index is 0.0234. The van der Waals surface area contributed by atoms with Gasteiger partial charge in [-0.05, 0) is 106 Å². The standard InChI is InChI=1S/C82H130N12O21/c1-13-57(6)72(64(107-11)52-69(99)93-39-21-25-63(93)73(108-12)58(7)74(100)86-54-82(34-35-82)60-22-16-14-17-23-60)92(10)77(103)71(56(4)5)90-78(104)81(8,9)91-66(96)33-40-109-42-44-111-46-48-113-50-51-114-49-47-112-45-43-110-41-37-85-80(106)115-53-59-27-29-61(30-28-59)87-75(101)62(24-20-36-84-79(83)105)88-76(102)70(55(2)3)89-65(95)26-18-15-19-38-94-67(97)31-32-68(94)98/h14,16-17,22-23,27-32,55-58,62-64,70-73H,13,15,18-21,24-26,33-54H2,1-12H3,(H,85,106)(H,86,100)(H,87,101)(H,88,102)(H,89,95)(H,90,104)(H,91,96)(H3,83,84,105)/t57-,58?,62-,63-,64+,70-,71?,72-,73+/m0/s1. The third-order valence-electron chi connectivity index (χ3n) is 20.8. The number of amides is 13. The Morgan fingerprint density at radius 1 is 0.635 bits per heavy atom. The van der Waals surface area contributed by atoms with E-state index in [-0.39, 0.29) is 156 Å². The monoisotopic (exact) mass is 1620 g/mol. The highest BCUT2D eigenvalue weighted by Gasteiger charge is 2.47. The van der Waals surface area contributed by atoms with Crippen molar-refractivity contribution in [3.05, 3.63) is 77.9 Å². The number of unbranched alkanes of at least 4 members (excludes halogenated alkanes) is 2. The van der Waals surface area contributed by atoms with Crippen LogP contribution < -0.4 is 48.3 Å². The lowest BCUT2D eigenvalue weighted by Crippen LogP contribution is -2.62. The fraction of sp³-hybridized carbons (Fsp3) is 0.683. The Morgan fingerprint density at radius 3 is 1.78 bits per heavy atom. The maximum absolute atomic E-state index is 14.6. The number of nitrogens with zero attached hydrogens (tertiary/aromatic N) is 3. The van der Waals surface area contributed by atoms with E-state index in [0.717, 1.165) is 24.2 Å². The van der Waals surface area contributed by atoms with E-state index in [2.05, 4.69) is 54.7 Å². The lowest BCUT2D eigenvalue weighted by Gasteiger charge is -2.41. The quantitative estimate of drug-likeness (QED) is 0.0320. The number of imide groups is 1. The number of rotatable bonds is 58. The number of methoxy groups -OCH3 is 2. The molecular weight excluding hydrogens is 1490 g/mol. The molecule has 1 saturated heterocycles. The van der Waals surface area contributed by atoms with Crippen LogP contribution in [0.1, 0.15) is 157 Å². The lowest BCUT2D eigenvalue weighted by atomic mass is 9.89. The summed E-state index contributed by atoms with van der Waals surface area (Å²) in [4.78, 5) is 162. The number of hydrogen-bond donors (Lipinski definition) is 9. The van der Waals surface area contributed by atoms with Crippen molar-refractivity contribution in [3.8, 4) is 0 Å². The number of primary amides is 1. The molecule has 2 aromatic rings. The predicted molar refractivity (Wildman–Crippen MR) is 428 cm³/mol. The summed E-state index contributed by atoms with van der Waals surface area (Å²) in [5.74, 6) is -5.19. The molecule has 5 rings (SSSR count). The molecule has 644 valence electrons. The number of alkyl carbamates (subject to hydrolysis) is 1. The molecule has 0 bridgehead atoms. The smallest absolute Gasteiger partial charge is 0.407 e. The zero-order chi connectivity index (χ0) is 84.5. The van der Waals surface area contributed by atoms with Crippen molar-refractivity contribution >= 4 is 76.9 Å². The van der Waals surface area contributed by atoms with Crippen molar-refractivity contribution in [1.29, 1.82) is 0 Å². The van der Waals surface area contributed by atoms with Gasteiger partial charge in [0, 0.05) is 90.1 Å². The highest BCUT2D eigenvalue weighted by Crippen LogP contribution is 2.47. The minimum Gasteiger partial charge on any atom is -0.445 e. The van der Waals surface area contributed by atoms with Crippen LogP contribution in [-0.4, -0.2) is 267 Å². The van der Waals surface area contributed by atoms with Crippen LogP contribution in [0.5, 0.6) is 0 Å². The minimum atomic E-state index is -1.40. The molecular formula is C82H130N12O21. The maximum atomic E-state index is 14.6. The van der Waals surface area contributed by atoms with Gasteiger partial charge in [0.25, 0.3) is 11.8 Å². The molecule has 10 N–H and O–H groups in total. The van der Waals surface area contributed by atoms with Gasteiger partial charge >= 0.3 is 12.1 Å². The first-order chi connectivity index (χ1) is 55.0. The van der Waals surface area contributed by atoms with Gasteiger partial charge in [-0.15, -0.1) is 0 Å². The van der Waals surface area contributed by atoms with E-state index in [0.29, 0.717) is 103 Å².